The number of carbonyl (C=O) groups is 2. The Balaban J connectivity index is 2.19. The lowest BCUT2D eigenvalue weighted by atomic mass is 9.81. The van der Waals surface area contributed by atoms with Gasteiger partial charge in [-0.3, -0.25) is 9.59 Å². The maximum atomic E-state index is 11.8. The summed E-state index contributed by atoms with van der Waals surface area (Å²) in [6.07, 6.45) is 5.75. The fourth-order valence-electron chi connectivity index (χ4n) is 2.17. The van der Waals surface area contributed by atoms with Gasteiger partial charge in [-0.1, -0.05) is 0 Å². The van der Waals surface area contributed by atoms with Crippen LogP contribution in [0.5, 0.6) is 0 Å². The summed E-state index contributed by atoms with van der Waals surface area (Å²) in [7, 11) is 0. The van der Waals surface area contributed by atoms with E-state index in [1.54, 1.807) is 11.8 Å². The first-order valence-corrected chi connectivity index (χ1v) is 7.54. The summed E-state index contributed by atoms with van der Waals surface area (Å²) in [6.45, 7) is 0.735. The van der Waals surface area contributed by atoms with Gasteiger partial charge >= 0.3 is 5.97 Å². The summed E-state index contributed by atoms with van der Waals surface area (Å²) in [4.78, 5) is 22.5. The first kappa shape index (κ1) is 14.4. The molecule has 1 rings (SSSR count). The van der Waals surface area contributed by atoms with Crippen LogP contribution in [0.4, 0.5) is 0 Å². The van der Waals surface area contributed by atoms with Crippen molar-refractivity contribution in [2.75, 3.05) is 18.6 Å². The molecule has 4 nitrogen and oxygen atoms in total. The number of aliphatic carboxylic acids is 1. The smallest absolute Gasteiger partial charge is 0.306 e. The number of rotatable bonds is 6. The first-order valence-electron chi connectivity index (χ1n) is 6.14. The second-order valence-corrected chi connectivity index (χ2v) is 5.51. The number of carboxylic acids is 1. The highest BCUT2D eigenvalue weighted by Crippen LogP contribution is 2.28. The van der Waals surface area contributed by atoms with Gasteiger partial charge in [-0.05, 0) is 44.1 Å². The van der Waals surface area contributed by atoms with E-state index in [4.69, 9.17) is 5.11 Å². The van der Waals surface area contributed by atoms with Crippen molar-refractivity contribution < 1.29 is 14.7 Å². The molecule has 2 N–H and O–H groups in total. The molecule has 0 radical (unpaired) electrons. The zero-order chi connectivity index (χ0) is 12.7. The van der Waals surface area contributed by atoms with Gasteiger partial charge in [-0.2, -0.15) is 11.8 Å². The topological polar surface area (TPSA) is 66.4 Å². The molecule has 0 spiro atoms. The van der Waals surface area contributed by atoms with Gasteiger partial charge in [-0.25, -0.2) is 0 Å². The normalized spacial score (nSPS) is 24.3. The Morgan fingerprint density at radius 1 is 1.24 bits per heavy atom. The van der Waals surface area contributed by atoms with E-state index in [2.05, 4.69) is 11.6 Å². The highest BCUT2D eigenvalue weighted by atomic mass is 32.2. The summed E-state index contributed by atoms with van der Waals surface area (Å²) < 4.78 is 0. The molecule has 1 fully saturated rings. The second-order valence-electron chi connectivity index (χ2n) is 4.52. The minimum absolute atomic E-state index is 0.0277. The van der Waals surface area contributed by atoms with Crippen LogP contribution in [-0.4, -0.2) is 35.5 Å². The molecule has 0 bridgehead atoms. The van der Waals surface area contributed by atoms with Gasteiger partial charge in [-0.15, -0.1) is 0 Å². The summed E-state index contributed by atoms with van der Waals surface area (Å²) in [6, 6.07) is 0. The molecule has 0 saturated heterocycles. The fraction of sp³-hybridized carbons (Fsp3) is 0.833. The molecule has 5 heteroatoms. The Hall–Kier alpha value is -0.710. The summed E-state index contributed by atoms with van der Waals surface area (Å²) in [5.41, 5.74) is 0. The number of carbonyl (C=O) groups excluding carboxylic acids is 1. The Bertz CT molecular complexity index is 262. The lowest BCUT2D eigenvalue weighted by Crippen LogP contribution is -2.35. The molecule has 0 aliphatic heterocycles. The van der Waals surface area contributed by atoms with E-state index in [1.165, 1.54) is 0 Å². The van der Waals surface area contributed by atoms with Crippen LogP contribution in [0.3, 0.4) is 0 Å². The Morgan fingerprint density at radius 2 is 1.82 bits per heavy atom. The van der Waals surface area contributed by atoms with Crippen LogP contribution in [0, 0.1) is 11.8 Å². The predicted molar refractivity (Wildman–Crippen MR) is 69.1 cm³/mol. The molecule has 0 unspecified atom stereocenters. The molecular weight excluding hydrogens is 238 g/mol. The number of thioether (sulfide) groups is 1. The van der Waals surface area contributed by atoms with E-state index in [1.807, 2.05) is 0 Å². The van der Waals surface area contributed by atoms with Gasteiger partial charge in [0.2, 0.25) is 5.91 Å². The Morgan fingerprint density at radius 3 is 2.35 bits per heavy atom. The first-order chi connectivity index (χ1) is 8.15. The molecular formula is C12H21NO3S. The lowest BCUT2D eigenvalue weighted by molar-refractivity contribution is -0.144. The molecule has 1 aliphatic rings. The van der Waals surface area contributed by atoms with Crippen molar-refractivity contribution in [1.82, 2.24) is 5.32 Å². The summed E-state index contributed by atoms with van der Waals surface area (Å²) in [5.74, 6) is 0.237. The monoisotopic (exact) mass is 259 g/mol. The van der Waals surface area contributed by atoms with Crippen LogP contribution in [0.25, 0.3) is 0 Å². The SMILES string of the molecule is CSCCCNC(=O)C1CCC(C(=O)O)CC1. The second kappa shape index (κ2) is 7.58. The van der Waals surface area contributed by atoms with Crippen LogP contribution < -0.4 is 5.32 Å². The number of nitrogens with one attached hydrogen (secondary N) is 1. The van der Waals surface area contributed by atoms with Crippen molar-refractivity contribution in [3.63, 3.8) is 0 Å². The van der Waals surface area contributed by atoms with Gasteiger partial charge in [0.05, 0.1) is 5.92 Å². The van der Waals surface area contributed by atoms with Gasteiger partial charge in [0.25, 0.3) is 0 Å². The van der Waals surface area contributed by atoms with Crippen molar-refractivity contribution in [2.45, 2.75) is 32.1 Å². The lowest BCUT2D eigenvalue weighted by Gasteiger charge is -2.25. The average Bonchev–Trinajstić information content (AvgIpc) is 2.34. The van der Waals surface area contributed by atoms with E-state index < -0.39 is 5.97 Å². The average molecular weight is 259 g/mol. The van der Waals surface area contributed by atoms with Crippen LogP contribution in [0.2, 0.25) is 0 Å². The van der Waals surface area contributed by atoms with Crippen molar-refractivity contribution >= 4 is 23.6 Å². The van der Waals surface area contributed by atoms with Gasteiger partial charge in [0, 0.05) is 12.5 Å². The summed E-state index contributed by atoms with van der Waals surface area (Å²) >= 11 is 1.78. The van der Waals surface area contributed by atoms with Crippen LogP contribution in [-0.2, 0) is 9.59 Å². The highest BCUT2D eigenvalue weighted by Gasteiger charge is 2.29. The van der Waals surface area contributed by atoms with Gasteiger partial charge in [0.15, 0.2) is 0 Å². The number of hydrogen-bond acceptors (Lipinski definition) is 3. The quantitative estimate of drug-likeness (QED) is 0.713. The maximum Gasteiger partial charge on any atom is 0.306 e. The fourth-order valence-corrected chi connectivity index (χ4v) is 2.61. The molecule has 1 aliphatic carbocycles. The van der Waals surface area contributed by atoms with Gasteiger partial charge < -0.3 is 10.4 Å². The molecule has 0 aromatic carbocycles. The van der Waals surface area contributed by atoms with E-state index >= 15 is 0 Å². The Kier molecular flexibility index (Phi) is 6.40. The van der Waals surface area contributed by atoms with E-state index in [9.17, 15) is 9.59 Å². The molecule has 17 heavy (non-hydrogen) atoms. The predicted octanol–water partition coefficient (Wildman–Crippen LogP) is 1.75. The minimum atomic E-state index is -0.719. The molecule has 0 atom stereocenters. The van der Waals surface area contributed by atoms with E-state index in [0.29, 0.717) is 25.7 Å². The molecule has 1 saturated carbocycles. The van der Waals surface area contributed by atoms with Crippen LogP contribution in [0.15, 0.2) is 0 Å². The third-order valence-corrected chi connectivity index (χ3v) is 3.97. The highest BCUT2D eigenvalue weighted by molar-refractivity contribution is 7.98. The number of carboxylic acid groups (broad SMARTS) is 1. The number of amides is 1. The standard InChI is InChI=1S/C12H21NO3S/c1-17-8-2-7-13-11(14)9-3-5-10(6-4-9)12(15)16/h9-10H,2-8H2,1H3,(H,13,14)(H,15,16). The molecule has 0 aromatic rings. The third-order valence-electron chi connectivity index (χ3n) is 3.27. The van der Waals surface area contributed by atoms with E-state index in [0.717, 1.165) is 18.7 Å². The maximum absolute atomic E-state index is 11.8. The van der Waals surface area contributed by atoms with Gasteiger partial charge in [0.1, 0.15) is 0 Å². The molecule has 98 valence electrons. The molecule has 0 aromatic heterocycles. The van der Waals surface area contributed by atoms with Crippen molar-refractivity contribution in [3.05, 3.63) is 0 Å². The van der Waals surface area contributed by atoms with Crippen LogP contribution in [0.1, 0.15) is 32.1 Å². The van der Waals surface area contributed by atoms with Crippen molar-refractivity contribution in [3.8, 4) is 0 Å². The van der Waals surface area contributed by atoms with E-state index in [-0.39, 0.29) is 17.7 Å². The van der Waals surface area contributed by atoms with Crippen molar-refractivity contribution in [2.24, 2.45) is 11.8 Å². The zero-order valence-electron chi connectivity index (χ0n) is 10.3. The number of hydrogen-bond donors (Lipinski definition) is 2. The van der Waals surface area contributed by atoms with Crippen LogP contribution >= 0.6 is 11.8 Å². The molecule has 0 heterocycles. The molecule has 1 amide bonds. The van der Waals surface area contributed by atoms with Crippen molar-refractivity contribution in [1.29, 1.82) is 0 Å². The summed E-state index contributed by atoms with van der Waals surface area (Å²) in [5, 5.41) is 11.8. The zero-order valence-corrected chi connectivity index (χ0v) is 11.1. The Labute approximate surface area is 107 Å². The largest absolute Gasteiger partial charge is 0.481 e. The minimum Gasteiger partial charge on any atom is -0.481 e. The third kappa shape index (κ3) is 4.98.